The molecule has 0 aromatic heterocycles. The molecule has 36 heavy (non-hydrogen) atoms. The third kappa shape index (κ3) is 6.85. The van der Waals surface area contributed by atoms with Crippen LogP contribution in [0.3, 0.4) is 0 Å². The predicted octanol–water partition coefficient (Wildman–Crippen LogP) is 5.56. The van der Waals surface area contributed by atoms with E-state index in [4.69, 9.17) is 16.3 Å². The van der Waals surface area contributed by atoms with E-state index in [9.17, 15) is 14.0 Å². The first kappa shape index (κ1) is 25.7. The average Bonchev–Trinajstić information content (AvgIpc) is 3.40. The topological polar surface area (TPSA) is 58.6 Å². The maximum absolute atomic E-state index is 14.6. The zero-order valence-electron chi connectivity index (χ0n) is 20.0. The van der Waals surface area contributed by atoms with Gasteiger partial charge in [-0.1, -0.05) is 85.1 Å². The molecule has 4 rings (SSSR count). The first-order valence-corrected chi connectivity index (χ1v) is 12.6. The van der Waals surface area contributed by atoms with Gasteiger partial charge in [0.2, 0.25) is 5.91 Å². The largest absolute Gasteiger partial charge is 0.482 e. The molecule has 3 aromatic carbocycles. The van der Waals surface area contributed by atoms with E-state index in [1.807, 2.05) is 30.3 Å². The molecular weight excluding hydrogens is 479 g/mol. The van der Waals surface area contributed by atoms with Crippen LogP contribution in [-0.2, 0) is 22.6 Å². The second kappa shape index (κ2) is 12.5. The minimum Gasteiger partial charge on any atom is -0.482 e. The monoisotopic (exact) mass is 508 g/mol. The molecule has 0 radical (unpaired) electrons. The van der Waals surface area contributed by atoms with Gasteiger partial charge in [-0.2, -0.15) is 0 Å². The number of nitrogens with zero attached hydrogens (tertiary/aromatic N) is 1. The Labute approximate surface area is 216 Å². The van der Waals surface area contributed by atoms with E-state index in [0.29, 0.717) is 22.8 Å². The minimum atomic E-state index is -0.838. The molecule has 1 atom stereocenters. The summed E-state index contributed by atoms with van der Waals surface area (Å²) in [7, 11) is 0. The molecule has 5 nitrogen and oxygen atoms in total. The maximum Gasteiger partial charge on any atom is 0.261 e. The van der Waals surface area contributed by atoms with Crippen LogP contribution in [-0.4, -0.2) is 35.4 Å². The molecule has 1 fully saturated rings. The first-order chi connectivity index (χ1) is 17.5. The van der Waals surface area contributed by atoms with Crippen molar-refractivity contribution in [3.63, 3.8) is 0 Å². The normalized spacial score (nSPS) is 14.3. The summed E-state index contributed by atoms with van der Waals surface area (Å²) in [5.74, 6) is -0.737. The fraction of sp³-hybridized carbons (Fsp3) is 0.310. The lowest BCUT2D eigenvalue weighted by atomic mass is 10.0. The number of nitrogens with one attached hydrogen (secondary N) is 1. The Balaban J connectivity index is 1.63. The highest BCUT2D eigenvalue weighted by Gasteiger charge is 2.33. The van der Waals surface area contributed by atoms with Crippen LogP contribution in [0.1, 0.15) is 36.8 Å². The second-order valence-electron chi connectivity index (χ2n) is 9.03. The molecule has 0 spiro atoms. The molecule has 1 N–H and O–H groups in total. The van der Waals surface area contributed by atoms with Crippen molar-refractivity contribution in [1.29, 1.82) is 0 Å². The highest BCUT2D eigenvalue weighted by molar-refractivity contribution is 6.32. The number of hydrogen-bond donors (Lipinski definition) is 1. The Morgan fingerprint density at radius 3 is 2.36 bits per heavy atom. The molecule has 1 saturated carbocycles. The van der Waals surface area contributed by atoms with Crippen LogP contribution >= 0.6 is 11.6 Å². The summed E-state index contributed by atoms with van der Waals surface area (Å²) in [6.07, 6.45) is 4.27. The van der Waals surface area contributed by atoms with Gasteiger partial charge in [-0.05, 0) is 36.6 Å². The number of rotatable bonds is 10. The third-order valence-corrected chi connectivity index (χ3v) is 6.77. The molecule has 7 heteroatoms. The lowest BCUT2D eigenvalue weighted by Gasteiger charge is -2.32. The lowest BCUT2D eigenvalue weighted by Crippen LogP contribution is -2.53. The lowest BCUT2D eigenvalue weighted by molar-refractivity contribution is -0.143. The predicted molar refractivity (Wildman–Crippen MR) is 138 cm³/mol. The summed E-state index contributed by atoms with van der Waals surface area (Å²) in [6, 6.07) is 21.9. The van der Waals surface area contributed by atoms with E-state index in [0.717, 1.165) is 31.2 Å². The Bertz CT molecular complexity index is 1170. The van der Waals surface area contributed by atoms with Crippen LogP contribution in [0.15, 0.2) is 78.9 Å². The molecule has 0 bridgehead atoms. The smallest absolute Gasteiger partial charge is 0.261 e. The fourth-order valence-electron chi connectivity index (χ4n) is 4.52. The van der Waals surface area contributed by atoms with Crippen molar-refractivity contribution >= 4 is 23.4 Å². The summed E-state index contributed by atoms with van der Waals surface area (Å²) < 4.78 is 20.4. The summed E-state index contributed by atoms with van der Waals surface area (Å²) in [4.78, 5) is 28.6. The van der Waals surface area contributed by atoms with Crippen LogP contribution in [0, 0.1) is 5.82 Å². The summed E-state index contributed by atoms with van der Waals surface area (Å²) in [5, 5.41) is 3.51. The van der Waals surface area contributed by atoms with Gasteiger partial charge in [0.15, 0.2) is 6.61 Å². The number of hydrogen-bond acceptors (Lipinski definition) is 3. The van der Waals surface area contributed by atoms with Gasteiger partial charge in [0.1, 0.15) is 17.6 Å². The summed E-state index contributed by atoms with van der Waals surface area (Å²) >= 11 is 6.19. The van der Waals surface area contributed by atoms with Gasteiger partial charge >= 0.3 is 0 Å². The Hall–Kier alpha value is -3.38. The number of amides is 2. The van der Waals surface area contributed by atoms with Gasteiger partial charge in [0.05, 0.1) is 5.02 Å². The van der Waals surface area contributed by atoms with E-state index in [-0.39, 0.29) is 25.1 Å². The highest BCUT2D eigenvalue weighted by Crippen LogP contribution is 2.24. The maximum atomic E-state index is 14.6. The minimum absolute atomic E-state index is 0.0625. The molecule has 0 heterocycles. The van der Waals surface area contributed by atoms with Gasteiger partial charge in [-0.3, -0.25) is 9.59 Å². The van der Waals surface area contributed by atoms with E-state index in [2.05, 4.69) is 5.32 Å². The van der Waals surface area contributed by atoms with Gasteiger partial charge in [0, 0.05) is 24.6 Å². The first-order valence-electron chi connectivity index (χ1n) is 12.3. The Kier molecular flexibility index (Phi) is 8.95. The van der Waals surface area contributed by atoms with Crippen LogP contribution in [0.25, 0.3) is 0 Å². The SMILES string of the molecule is O=C(NC1CCCC1)[C@H](Cc1ccccc1)N(Cc1ccccc1F)C(=O)COc1ccccc1Cl. The molecule has 0 saturated heterocycles. The Morgan fingerprint density at radius 1 is 0.972 bits per heavy atom. The number of carbonyl (C=O) groups is 2. The van der Waals surface area contributed by atoms with Crippen molar-refractivity contribution in [1.82, 2.24) is 10.2 Å². The van der Waals surface area contributed by atoms with Crippen molar-refractivity contribution in [3.8, 4) is 5.75 Å². The van der Waals surface area contributed by atoms with Crippen molar-refractivity contribution in [2.75, 3.05) is 6.61 Å². The Morgan fingerprint density at radius 2 is 1.64 bits per heavy atom. The third-order valence-electron chi connectivity index (χ3n) is 6.46. The van der Waals surface area contributed by atoms with Gasteiger partial charge in [-0.25, -0.2) is 4.39 Å². The van der Waals surface area contributed by atoms with Crippen molar-refractivity contribution in [2.45, 2.75) is 50.7 Å². The van der Waals surface area contributed by atoms with E-state index in [1.54, 1.807) is 42.5 Å². The molecule has 1 aliphatic carbocycles. The zero-order chi connectivity index (χ0) is 25.3. The average molecular weight is 509 g/mol. The van der Waals surface area contributed by atoms with Crippen LogP contribution in [0.4, 0.5) is 4.39 Å². The molecule has 0 aliphatic heterocycles. The van der Waals surface area contributed by atoms with Crippen molar-refractivity contribution < 1.29 is 18.7 Å². The van der Waals surface area contributed by atoms with E-state index < -0.39 is 17.8 Å². The highest BCUT2D eigenvalue weighted by atomic mass is 35.5. The molecule has 188 valence electrons. The van der Waals surface area contributed by atoms with Crippen LogP contribution in [0.2, 0.25) is 5.02 Å². The standard InChI is InChI=1S/C29H30ClFN2O3/c30-24-15-7-9-17-27(24)36-20-28(34)33(19-22-12-4-8-16-25(22)31)26(18-21-10-2-1-3-11-21)29(35)32-23-13-5-6-14-23/h1-4,7-12,15-17,23,26H,5-6,13-14,18-20H2,(H,32,35)/t26-/m0/s1. The quantitative estimate of drug-likeness (QED) is 0.390. The van der Waals surface area contributed by atoms with E-state index >= 15 is 0 Å². The van der Waals surface area contributed by atoms with Gasteiger partial charge in [-0.15, -0.1) is 0 Å². The fourth-order valence-corrected chi connectivity index (χ4v) is 4.71. The molecular formula is C29H30ClFN2O3. The van der Waals surface area contributed by atoms with Crippen LogP contribution in [0.5, 0.6) is 5.75 Å². The zero-order valence-corrected chi connectivity index (χ0v) is 20.8. The number of para-hydroxylation sites is 1. The van der Waals surface area contributed by atoms with Gasteiger partial charge in [0.25, 0.3) is 5.91 Å². The van der Waals surface area contributed by atoms with Gasteiger partial charge < -0.3 is 15.0 Å². The van der Waals surface area contributed by atoms with Crippen molar-refractivity contribution in [2.24, 2.45) is 0 Å². The number of carbonyl (C=O) groups excluding carboxylic acids is 2. The number of ether oxygens (including phenoxy) is 1. The molecule has 3 aromatic rings. The molecule has 0 unspecified atom stereocenters. The summed E-state index contributed by atoms with van der Waals surface area (Å²) in [6.45, 7) is -0.396. The van der Waals surface area contributed by atoms with Crippen molar-refractivity contribution in [3.05, 3.63) is 101 Å². The number of halogens is 2. The van der Waals surface area contributed by atoms with Crippen LogP contribution < -0.4 is 10.1 Å². The molecule has 2 amide bonds. The van der Waals surface area contributed by atoms with E-state index in [1.165, 1.54) is 11.0 Å². The molecule has 1 aliphatic rings. The number of benzene rings is 3. The second-order valence-corrected chi connectivity index (χ2v) is 9.43. The summed E-state index contributed by atoms with van der Waals surface area (Å²) in [5.41, 5.74) is 1.23.